The fourth-order valence-electron chi connectivity index (χ4n) is 3.15. The van der Waals surface area contributed by atoms with E-state index in [1.807, 2.05) is 0 Å². The van der Waals surface area contributed by atoms with Crippen LogP contribution in [0.1, 0.15) is 40.0 Å². The molecule has 1 rings (SSSR count). The van der Waals surface area contributed by atoms with Gasteiger partial charge in [0.1, 0.15) is 0 Å². The summed E-state index contributed by atoms with van der Waals surface area (Å²) in [6.07, 6.45) is 6.11. The predicted molar refractivity (Wildman–Crippen MR) is 85.7 cm³/mol. The molecule has 0 saturated heterocycles. The molecule has 20 heavy (non-hydrogen) atoms. The summed E-state index contributed by atoms with van der Waals surface area (Å²) in [5.74, 6) is 2.13. The van der Waals surface area contributed by atoms with Crippen molar-refractivity contribution in [3.8, 4) is 0 Å². The minimum atomic E-state index is 0.175. The highest BCUT2D eigenvalue weighted by Gasteiger charge is 2.38. The largest absolute Gasteiger partial charge is 0.355 e. The lowest BCUT2D eigenvalue weighted by Gasteiger charge is -2.22. The van der Waals surface area contributed by atoms with Crippen molar-refractivity contribution in [3.63, 3.8) is 0 Å². The highest BCUT2D eigenvalue weighted by Crippen LogP contribution is 2.40. The molecule has 1 amide bonds. The third-order valence-corrected chi connectivity index (χ3v) is 4.21. The van der Waals surface area contributed by atoms with Crippen LogP contribution in [0.4, 0.5) is 0 Å². The minimum absolute atomic E-state index is 0.175. The van der Waals surface area contributed by atoms with Crippen molar-refractivity contribution in [1.29, 1.82) is 0 Å². The molecular formula is C17H28N2O. The molecular weight excluding hydrogens is 248 g/mol. The van der Waals surface area contributed by atoms with E-state index in [0.717, 1.165) is 12.1 Å². The lowest BCUT2D eigenvalue weighted by molar-refractivity contribution is -0.126. The van der Waals surface area contributed by atoms with Crippen LogP contribution in [0.2, 0.25) is 0 Å². The molecule has 112 valence electrons. The molecule has 0 radical (unpaired) electrons. The summed E-state index contributed by atoms with van der Waals surface area (Å²) in [6, 6.07) is 0. The van der Waals surface area contributed by atoms with Crippen LogP contribution in [0.25, 0.3) is 0 Å². The number of rotatable bonds is 7. The van der Waals surface area contributed by atoms with Crippen molar-refractivity contribution in [2.75, 3.05) is 6.54 Å². The number of aliphatic imine (C=N–C) groups is 1. The molecule has 1 aliphatic carbocycles. The van der Waals surface area contributed by atoms with Gasteiger partial charge in [0.2, 0.25) is 5.91 Å². The predicted octanol–water partition coefficient (Wildman–Crippen LogP) is 3.58. The third kappa shape index (κ3) is 4.62. The van der Waals surface area contributed by atoms with Gasteiger partial charge in [0, 0.05) is 30.8 Å². The van der Waals surface area contributed by atoms with Gasteiger partial charge in [0.15, 0.2) is 0 Å². The normalized spacial score (nSPS) is 26.6. The average molecular weight is 276 g/mol. The summed E-state index contributed by atoms with van der Waals surface area (Å²) < 4.78 is 0. The Bertz CT molecular complexity index is 384. The average Bonchev–Trinajstić information content (AvgIpc) is 2.80. The number of nitrogens with zero attached hydrogens (tertiary/aromatic N) is 1. The Morgan fingerprint density at radius 3 is 2.65 bits per heavy atom. The van der Waals surface area contributed by atoms with Crippen LogP contribution in [-0.4, -0.2) is 18.2 Å². The van der Waals surface area contributed by atoms with Crippen LogP contribution in [-0.2, 0) is 4.79 Å². The highest BCUT2D eigenvalue weighted by molar-refractivity contribution is 5.95. The maximum absolute atomic E-state index is 12.3. The van der Waals surface area contributed by atoms with E-state index in [1.165, 1.54) is 12.6 Å². The van der Waals surface area contributed by atoms with E-state index in [-0.39, 0.29) is 11.8 Å². The monoisotopic (exact) mass is 276 g/mol. The summed E-state index contributed by atoms with van der Waals surface area (Å²) in [6.45, 7) is 14.6. The molecule has 1 aliphatic rings. The van der Waals surface area contributed by atoms with Crippen molar-refractivity contribution < 1.29 is 4.79 Å². The first-order valence-corrected chi connectivity index (χ1v) is 7.57. The second-order valence-corrected chi connectivity index (χ2v) is 6.14. The lowest BCUT2D eigenvalue weighted by atomic mass is 9.85. The Hall–Kier alpha value is -1.38. The van der Waals surface area contributed by atoms with Gasteiger partial charge in [-0.05, 0) is 36.7 Å². The molecule has 0 heterocycles. The summed E-state index contributed by atoms with van der Waals surface area (Å²) in [4.78, 5) is 16.4. The van der Waals surface area contributed by atoms with Crippen molar-refractivity contribution in [2.45, 2.75) is 40.0 Å². The number of nitrogens with one attached hydrogen (secondary N) is 1. The third-order valence-electron chi connectivity index (χ3n) is 4.21. The van der Waals surface area contributed by atoms with Gasteiger partial charge < -0.3 is 5.32 Å². The van der Waals surface area contributed by atoms with Gasteiger partial charge in [-0.25, -0.2) is 0 Å². The van der Waals surface area contributed by atoms with E-state index in [9.17, 15) is 4.79 Å². The minimum Gasteiger partial charge on any atom is -0.355 e. The molecule has 3 atom stereocenters. The molecule has 3 unspecified atom stereocenters. The lowest BCUT2D eigenvalue weighted by Crippen LogP contribution is -2.35. The fraction of sp³-hybridized carbons (Fsp3) is 0.647. The molecule has 0 bridgehead atoms. The molecule has 0 spiro atoms. The Morgan fingerprint density at radius 2 is 2.10 bits per heavy atom. The van der Waals surface area contributed by atoms with Gasteiger partial charge in [-0.15, -0.1) is 0 Å². The highest BCUT2D eigenvalue weighted by atomic mass is 16.1. The van der Waals surface area contributed by atoms with Crippen LogP contribution < -0.4 is 5.32 Å². The molecule has 0 aromatic carbocycles. The molecule has 1 saturated carbocycles. The smallest absolute Gasteiger partial charge is 0.223 e. The van der Waals surface area contributed by atoms with Gasteiger partial charge in [-0.1, -0.05) is 33.9 Å². The van der Waals surface area contributed by atoms with Gasteiger partial charge in [-0.3, -0.25) is 9.79 Å². The first kappa shape index (κ1) is 16.7. The molecule has 1 N–H and O–H groups in total. The van der Waals surface area contributed by atoms with Crippen LogP contribution in [0.5, 0.6) is 0 Å². The summed E-state index contributed by atoms with van der Waals surface area (Å²) in [7, 11) is 0. The number of allylic oxidation sites excluding steroid dienone is 1. The standard InChI is InChI=1S/C17H28N2O/c1-6-14(18-7-2)8-9-19-17(20)16-11-13(5)10-15(16)12(3)4/h6-7,12-13,15-16H,1-2,8-11H2,3-5H3,(H,19,20). The Kier molecular flexibility index (Phi) is 6.69. The molecule has 3 nitrogen and oxygen atoms in total. The van der Waals surface area contributed by atoms with Crippen molar-refractivity contribution in [2.24, 2.45) is 28.7 Å². The number of hydrogen-bond donors (Lipinski definition) is 1. The molecule has 1 fully saturated rings. The van der Waals surface area contributed by atoms with E-state index in [4.69, 9.17) is 0 Å². The Labute approximate surface area is 123 Å². The summed E-state index contributed by atoms with van der Waals surface area (Å²) in [5, 5.41) is 3.05. The first-order chi connectivity index (χ1) is 9.49. The Balaban J connectivity index is 2.48. The maximum atomic E-state index is 12.3. The number of carbonyl (C=O) groups is 1. The van der Waals surface area contributed by atoms with Crippen LogP contribution >= 0.6 is 0 Å². The van der Waals surface area contributed by atoms with E-state index < -0.39 is 0 Å². The quantitative estimate of drug-likeness (QED) is 0.709. The van der Waals surface area contributed by atoms with Gasteiger partial charge in [0.25, 0.3) is 0 Å². The molecule has 3 heteroatoms. The van der Waals surface area contributed by atoms with Crippen LogP contribution in [0, 0.1) is 23.7 Å². The van der Waals surface area contributed by atoms with Crippen LogP contribution in [0.3, 0.4) is 0 Å². The van der Waals surface area contributed by atoms with E-state index >= 15 is 0 Å². The second-order valence-electron chi connectivity index (χ2n) is 6.14. The summed E-state index contributed by atoms with van der Waals surface area (Å²) >= 11 is 0. The topological polar surface area (TPSA) is 41.5 Å². The Morgan fingerprint density at radius 1 is 1.40 bits per heavy atom. The van der Waals surface area contributed by atoms with E-state index in [0.29, 0.717) is 30.7 Å². The van der Waals surface area contributed by atoms with Crippen molar-refractivity contribution in [1.82, 2.24) is 5.32 Å². The first-order valence-electron chi connectivity index (χ1n) is 7.57. The number of carbonyl (C=O) groups excluding carboxylic acids is 1. The van der Waals surface area contributed by atoms with E-state index in [1.54, 1.807) is 6.08 Å². The van der Waals surface area contributed by atoms with Crippen molar-refractivity contribution in [3.05, 3.63) is 25.4 Å². The fourth-order valence-corrected chi connectivity index (χ4v) is 3.15. The molecule has 0 aliphatic heterocycles. The van der Waals surface area contributed by atoms with E-state index in [2.05, 4.69) is 44.2 Å². The van der Waals surface area contributed by atoms with Gasteiger partial charge in [-0.2, -0.15) is 0 Å². The van der Waals surface area contributed by atoms with Gasteiger partial charge in [0.05, 0.1) is 0 Å². The SMILES string of the molecule is C=CN=C(C=C)CCNC(=O)C1CC(C)CC1C(C)C. The van der Waals surface area contributed by atoms with Crippen molar-refractivity contribution >= 4 is 11.6 Å². The molecule has 0 aromatic heterocycles. The maximum Gasteiger partial charge on any atom is 0.223 e. The van der Waals surface area contributed by atoms with Gasteiger partial charge >= 0.3 is 0 Å². The van der Waals surface area contributed by atoms with Crippen LogP contribution in [0.15, 0.2) is 30.4 Å². The summed E-state index contributed by atoms with van der Waals surface area (Å²) in [5.41, 5.74) is 0.862. The molecule has 0 aromatic rings. The zero-order valence-electron chi connectivity index (χ0n) is 13.1. The zero-order chi connectivity index (χ0) is 15.1. The number of hydrogen-bond acceptors (Lipinski definition) is 2. The zero-order valence-corrected chi connectivity index (χ0v) is 13.1. The second kappa shape index (κ2) is 8.03. The number of amides is 1.